The molecule has 2 aromatic carbocycles. The van der Waals surface area contributed by atoms with Crippen LogP contribution in [0.3, 0.4) is 0 Å². The minimum atomic E-state index is -0.490. The fourth-order valence-corrected chi connectivity index (χ4v) is 1.88. The SMILES string of the molecule is NC(=O)c1ccc(NC(=O)CCc2ccc(N)cc2)cc1. The highest BCUT2D eigenvalue weighted by molar-refractivity contribution is 5.94. The Bertz CT molecular complexity index is 634. The molecular formula is C16H17N3O2. The van der Waals surface area contributed by atoms with Gasteiger partial charge in [-0.3, -0.25) is 9.59 Å². The highest BCUT2D eigenvalue weighted by Gasteiger charge is 2.04. The smallest absolute Gasteiger partial charge is 0.248 e. The normalized spacial score (nSPS) is 10.1. The topological polar surface area (TPSA) is 98.2 Å². The Balaban J connectivity index is 1.86. The number of nitrogens with one attached hydrogen (secondary N) is 1. The fourth-order valence-electron chi connectivity index (χ4n) is 1.88. The van der Waals surface area contributed by atoms with Gasteiger partial charge in [-0.25, -0.2) is 0 Å². The van der Waals surface area contributed by atoms with E-state index in [0.717, 1.165) is 5.56 Å². The molecule has 0 saturated heterocycles. The molecule has 0 unspecified atom stereocenters. The van der Waals surface area contributed by atoms with Gasteiger partial charge >= 0.3 is 0 Å². The number of carbonyl (C=O) groups excluding carboxylic acids is 2. The summed E-state index contributed by atoms with van der Waals surface area (Å²) in [6.07, 6.45) is 1.02. The third-order valence-corrected chi connectivity index (χ3v) is 3.07. The number of aryl methyl sites for hydroxylation is 1. The summed E-state index contributed by atoms with van der Waals surface area (Å²) < 4.78 is 0. The van der Waals surface area contributed by atoms with Gasteiger partial charge in [0, 0.05) is 23.4 Å². The number of carbonyl (C=O) groups is 2. The monoisotopic (exact) mass is 283 g/mol. The van der Waals surface area contributed by atoms with Crippen LogP contribution in [-0.2, 0) is 11.2 Å². The van der Waals surface area contributed by atoms with Crippen molar-refractivity contribution < 1.29 is 9.59 Å². The highest BCUT2D eigenvalue weighted by Crippen LogP contribution is 2.11. The summed E-state index contributed by atoms with van der Waals surface area (Å²) in [6, 6.07) is 13.9. The maximum Gasteiger partial charge on any atom is 0.248 e. The van der Waals surface area contributed by atoms with Crippen LogP contribution in [0, 0.1) is 0 Å². The van der Waals surface area contributed by atoms with Crippen molar-refractivity contribution in [2.24, 2.45) is 5.73 Å². The first kappa shape index (κ1) is 14.6. The van der Waals surface area contributed by atoms with E-state index in [2.05, 4.69) is 5.32 Å². The molecule has 0 heterocycles. The molecule has 108 valence electrons. The number of amides is 2. The first-order valence-electron chi connectivity index (χ1n) is 6.59. The van der Waals surface area contributed by atoms with Crippen molar-refractivity contribution in [2.45, 2.75) is 12.8 Å². The molecule has 0 spiro atoms. The van der Waals surface area contributed by atoms with Gasteiger partial charge in [-0.2, -0.15) is 0 Å². The molecule has 0 bridgehead atoms. The fraction of sp³-hybridized carbons (Fsp3) is 0.125. The molecule has 0 saturated carbocycles. The van der Waals surface area contributed by atoms with Crippen LogP contribution in [0.25, 0.3) is 0 Å². The number of nitrogen functional groups attached to an aromatic ring is 1. The number of anilines is 2. The summed E-state index contributed by atoms with van der Waals surface area (Å²) in [6.45, 7) is 0. The zero-order valence-corrected chi connectivity index (χ0v) is 11.5. The summed E-state index contributed by atoms with van der Waals surface area (Å²) in [5.41, 5.74) is 13.6. The predicted molar refractivity (Wildman–Crippen MR) is 82.8 cm³/mol. The molecule has 0 aromatic heterocycles. The van der Waals surface area contributed by atoms with Crippen LogP contribution in [0.1, 0.15) is 22.3 Å². The van der Waals surface area contributed by atoms with E-state index in [-0.39, 0.29) is 5.91 Å². The first-order chi connectivity index (χ1) is 10.0. The summed E-state index contributed by atoms with van der Waals surface area (Å²) in [7, 11) is 0. The van der Waals surface area contributed by atoms with E-state index in [0.29, 0.717) is 29.8 Å². The molecule has 21 heavy (non-hydrogen) atoms. The van der Waals surface area contributed by atoms with E-state index in [1.807, 2.05) is 24.3 Å². The molecule has 0 aliphatic heterocycles. The molecular weight excluding hydrogens is 266 g/mol. The molecule has 2 amide bonds. The van der Waals surface area contributed by atoms with Crippen LogP contribution < -0.4 is 16.8 Å². The van der Waals surface area contributed by atoms with Crippen LogP contribution in [0.15, 0.2) is 48.5 Å². The standard InChI is InChI=1S/C16H17N3O2/c17-13-6-1-11(2-7-13)3-10-15(20)19-14-8-4-12(5-9-14)16(18)21/h1-2,4-9H,3,10,17H2,(H2,18,21)(H,19,20). The van der Waals surface area contributed by atoms with Crippen molar-refractivity contribution in [3.63, 3.8) is 0 Å². The van der Waals surface area contributed by atoms with Crippen molar-refractivity contribution in [1.29, 1.82) is 0 Å². The van der Waals surface area contributed by atoms with E-state index in [1.54, 1.807) is 24.3 Å². The molecule has 0 aliphatic carbocycles. The predicted octanol–water partition coefficient (Wildman–Crippen LogP) is 1.94. The van der Waals surface area contributed by atoms with E-state index in [1.165, 1.54) is 0 Å². The average molecular weight is 283 g/mol. The largest absolute Gasteiger partial charge is 0.399 e. The van der Waals surface area contributed by atoms with E-state index in [4.69, 9.17) is 11.5 Å². The Morgan fingerprint density at radius 3 is 2.14 bits per heavy atom. The van der Waals surface area contributed by atoms with E-state index >= 15 is 0 Å². The molecule has 0 radical (unpaired) electrons. The van der Waals surface area contributed by atoms with Gasteiger partial charge in [0.15, 0.2) is 0 Å². The highest BCUT2D eigenvalue weighted by atomic mass is 16.1. The molecule has 5 N–H and O–H groups in total. The average Bonchev–Trinajstić information content (AvgIpc) is 2.47. The van der Waals surface area contributed by atoms with Gasteiger partial charge in [0.2, 0.25) is 11.8 Å². The second kappa shape index (κ2) is 6.56. The lowest BCUT2D eigenvalue weighted by Crippen LogP contribution is -2.13. The zero-order valence-electron chi connectivity index (χ0n) is 11.5. The van der Waals surface area contributed by atoms with Gasteiger partial charge < -0.3 is 16.8 Å². The van der Waals surface area contributed by atoms with E-state index < -0.39 is 5.91 Å². The van der Waals surface area contributed by atoms with Crippen LogP contribution >= 0.6 is 0 Å². The summed E-state index contributed by atoms with van der Waals surface area (Å²) in [4.78, 5) is 22.8. The number of primary amides is 1. The first-order valence-corrected chi connectivity index (χ1v) is 6.59. The van der Waals surface area contributed by atoms with Gasteiger partial charge in [0.25, 0.3) is 0 Å². The van der Waals surface area contributed by atoms with Gasteiger partial charge in [-0.1, -0.05) is 12.1 Å². The minimum Gasteiger partial charge on any atom is -0.399 e. The minimum absolute atomic E-state index is 0.0846. The van der Waals surface area contributed by atoms with Crippen LogP contribution in [0.2, 0.25) is 0 Å². The van der Waals surface area contributed by atoms with E-state index in [9.17, 15) is 9.59 Å². The number of nitrogens with two attached hydrogens (primary N) is 2. The van der Waals surface area contributed by atoms with Crippen molar-refractivity contribution >= 4 is 23.2 Å². The lowest BCUT2D eigenvalue weighted by atomic mass is 10.1. The van der Waals surface area contributed by atoms with Crippen molar-refractivity contribution in [3.05, 3.63) is 59.7 Å². The Morgan fingerprint density at radius 2 is 1.57 bits per heavy atom. The third kappa shape index (κ3) is 4.35. The Kier molecular flexibility index (Phi) is 4.56. The van der Waals surface area contributed by atoms with Crippen LogP contribution in [0.4, 0.5) is 11.4 Å². The molecule has 2 rings (SSSR count). The number of hydrogen-bond acceptors (Lipinski definition) is 3. The lowest BCUT2D eigenvalue weighted by Gasteiger charge is -2.06. The number of rotatable bonds is 5. The van der Waals surface area contributed by atoms with Gasteiger partial charge in [0.05, 0.1) is 0 Å². The summed E-state index contributed by atoms with van der Waals surface area (Å²) in [5.74, 6) is -0.574. The third-order valence-electron chi connectivity index (χ3n) is 3.07. The molecule has 0 fully saturated rings. The van der Waals surface area contributed by atoms with Crippen LogP contribution in [0.5, 0.6) is 0 Å². The molecule has 0 aliphatic rings. The van der Waals surface area contributed by atoms with Crippen molar-refractivity contribution in [1.82, 2.24) is 0 Å². The number of benzene rings is 2. The summed E-state index contributed by atoms with van der Waals surface area (Å²) in [5, 5.41) is 2.77. The maximum absolute atomic E-state index is 11.8. The van der Waals surface area contributed by atoms with Crippen molar-refractivity contribution in [2.75, 3.05) is 11.1 Å². The molecule has 5 heteroatoms. The van der Waals surface area contributed by atoms with Gasteiger partial charge in [-0.15, -0.1) is 0 Å². The second-order valence-electron chi connectivity index (χ2n) is 4.73. The van der Waals surface area contributed by atoms with Crippen LogP contribution in [-0.4, -0.2) is 11.8 Å². The van der Waals surface area contributed by atoms with Crippen molar-refractivity contribution in [3.8, 4) is 0 Å². The van der Waals surface area contributed by atoms with Gasteiger partial charge in [-0.05, 0) is 48.4 Å². The number of hydrogen-bond donors (Lipinski definition) is 3. The quantitative estimate of drug-likeness (QED) is 0.731. The second-order valence-corrected chi connectivity index (χ2v) is 4.73. The Morgan fingerprint density at radius 1 is 0.952 bits per heavy atom. The van der Waals surface area contributed by atoms with Gasteiger partial charge in [0.1, 0.15) is 0 Å². The maximum atomic E-state index is 11.8. The summed E-state index contributed by atoms with van der Waals surface area (Å²) >= 11 is 0. The molecule has 2 aromatic rings. The zero-order chi connectivity index (χ0) is 15.2. The lowest BCUT2D eigenvalue weighted by molar-refractivity contribution is -0.116. The molecule has 5 nitrogen and oxygen atoms in total. The Labute approximate surface area is 123 Å². The Hall–Kier alpha value is -2.82. The molecule has 0 atom stereocenters.